The third kappa shape index (κ3) is 2.91. The third-order valence-corrected chi connectivity index (χ3v) is 3.25. The number of hydrogen-bond acceptors (Lipinski definition) is 4. The minimum Gasteiger partial charge on any atom is -0.491 e. The van der Waals surface area contributed by atoms with Crippen molar-refractivity contribution in [3.8, 4) is 5.75 Å². The Balaban J connectivity index is 2.42. The quantitative estimate of drug-likeness (QED) is 0.846. The van der Waals surface area contributed by atoms with E-state index >= 15 is 0 Å². The monoisotopic (exact) mass is 277 g/mol. The fraction of sp³-hybridized carbons (Fsp3) is 0.429. The summed E-state index contributed by atoms with van der Waals surface area (Å²) in [5.74, 6) is 0.246. The molecule has 0 saturated carbocycles. The number of ether oxygens (including phenoxy) is 1. The number of rotatable bonds is 3. The molecule has 2 rings (SSSR count). The summed E-state index contributed by atoms with van der Waals surface area (Å²) in [7, 11) is 1.54. The largest absolute Gasteiger partial charge is 0.491 e. The number of amides is 2. The zero-order valence-corrected chi connectivity index (χ0v) is 11.7. The molecule has 1 atom stereocenters. The zero-order chi connectivity index (χ0) is 14.7. The SMILES string of the molecule is CNC(=O)CN1C(=O)CCOc2ccc(C(C)N)cc21. The number of nitrogens with zero attached hydrogens (tertiary/aromatic N) is 1. The maximum Gasteiger partial charge on any atom is 0.239 e. The van der Waals surface area contributed by atoms with Crippen LogP contribution in [0.1, 0.15) is 24.9 Å². The normalized spacial score (nSPS) is 15.9. The van der Waals surface area contributed by atoms with Crippen molar-refractivity contribution in [2.75, 3.05) is 25.1 Å². The number of benzene rings is 1. The molecule has 0 spiro atoms. The van der Waals surface area contributed by atoms with Crippen molar-refractivity contribution < 1.29 is 14.3 Å². The van der Waals surface area contributed by atoms with Crippen LogP contribution in [-0.4, -0.2) is 32.0 Å². The Morgan fingerprint density at radius 2 is 2.30 bits per heavy atom. The summed E-state index contributed by atoms with van der Waals surface area (Å²) in [6.45, 7) is 2.16. The smallest absolute Gasteiger partial charge is 0.239 e. The van der Waals surface area contributed by atoms with Gasteiger partial charge in [-0.25, -0.2) is 0 Å². The van der Waals surface area contributed by atoms with Gasteiger partial charge >= 0.3 is 0 Å². The molecule has 0 saturated heterocycles. The highest BCUT2D eigenvalue weighted by Gasteiger charge is 2.25. The van der Waals surface area contributed by atoms with Gasteiger partial charge in [-0.3, -0.25) is 14.5 Å². The average molecular weight is 277 g/mol. The van der Waals surface area contributed by atoms with Gasteiger partial charge < -0.3 is 15.8 Å². The topological polar surface area (TPSA) is 84.7 Å². The molecule has 1 aliphatic rings. The lowest BCUT2D eigenvalue weighted by Crippen LogP contribution is -2.39. The number of likely N-dealkylation sites (N-methyl/N-ethyl adjacent to an activating group) is 1. The van der Waals surface area contributed by atoms with E-state index in [9.17, 15) is 9.59 Å². The molecular weight excluding hydrogens is 258 g/mol. The van der Waals surface area contributed by atoms with Gasteiger partial charge in [0.15, 0.2) is 0 Å². The van der Waals surface area contributed by atoms with Gasteiger partial charge in [-0.1, -0.05) is 6.07 Å². The summed E-state index contributed by atoms with van der Waals surface area (Å²) in [6.07, 6.45) is 0.249. The number of hydrogen-bond donors (Lipinski definition) is 2. The van der Waals surface area contributed by atoms with Crippen molar-refractivity contribution in [3.05, 3.63) is 23.8 Å². The molecule has 1 aliphatic heterocycles. The summed E-state index contributed by atoms with van der Waals surface area (Å²) in [5, 5.41) is 2.52. The van der Waals surface area contributed by atoms with E-state index in [-0.39, 0.29) is 30.8 Å². The van der Waals surface area contributed by atoms with Gasteiger partial charge in [0.25, 0.3) is 0 Å². The first-order chi connectivity index (χ1) is 9.52. The van der Waals surface area contributed by atoms with Crippen molar-refractivity contribution in [3.63, 3.8) is 0 Å². The second-order valence-electron chi connectivity index (χ2n) is 4.77. The first-order valence-electron chi connectivity index (χ1n) is 6.56. The van der Waals surface area contributed by atoms with Crippen LogP contribution in [0.3, 0.4) is 0 Å². The molecule has 1 aromatic rings. The van der Waals surface area contributed by atoms with Crippen molar-refractivity contribution in [2.24, 2.45) is 5.73 Å². The summed E-state index contributed by atoms with van der Waals surface area (Å²) in [6, 6.07) is 5.33. The highest BCUT2D eigenvalue weighted by Crippen LogP contribution is 2.33. The van der Waals surface area contributed by atoms with Crippen molar-refractivity contribution in [1.82, 2.24) is 5.32 Å². The second-order valence-corrected chi connectivity index (χ2v) is 4.77. The van der Waals surface area contributed by atoms with Gasteiger partial charge in [0, 0.05) is 13.1 Å². The number of nitrogens with one attached hydrogen (secondary N) is 1. The Bertz CT molecular complexity index is 528. The van der Waals surface area contributed by atoms with Crippen LogP contribution in [0.4, 0.5) is 5.69 Å². The Labute approximate surface area is 117 Å². The van der Waals surface area contributed by atoms with Gasteiger partial charge in [-0.15, -0.1) is 0 Å². The molecule has 0 aliphatic carbocycles. The summed E-state index contributed by atoms with van der Waals surface area (Å²) in [5.41, 5.74) is 7.37. The molecule has 0 aromatic heterocycles. The van der Waals surface area contributed by atoms with Crippen LogP contribution in [0.15, 0.2) is 18.2 Å². The van der Waals surface area contributed by atoms with E-state index in [2.05, 4.69) is 5.32 Å². The molecule has 1 heterocycles. The molecule has 6 heteroatoms. The Morgan fingerprint density at radius 3 is 2.95 bits per heavy atom. The molecule has 1 aromatic carbocycles. The first-order valence-corrected chi connectivity index (χ1v) is 6.56. The lowest BCUT2D eigenvalue weighted by molar-refractivity contribution is -0.123. The number of carbonyl (C=O) groups excluding carboxylic acids is 2. The molecule has 0 radical (unpaired) electrons. The zero-order valence-electron chi connectivity index (χ0n) is 11.7. The van der Waals surface area contributed by atoms with Crippen LogP contribution >= 0.6 is 0 Å². The minimum atomic E-state index is -0.225. The molecule has 1 unspecified atom stereocenters. The fourth-order valence-electron chi connectivity index (χ4n) is 2.06. The number of anilines is 1. The molecule has 20 heavy (non-hydrogen) atoms. The van der Waals surface area contributed by atoms with Crippen LogP contribution in [0, 0.1) is 0 Å². The first kappa shape index (κ1) is 14.3. The van der Waals surface area contributed by atoms with Gasteiger partial charge in [0.1, 0.15) is 12.3 Å². The number of fused-ring (bicyclic) bond motifs is 1. The van der Waals surface area contributed by atoms with E-state index < -0.39 is 0 Å². The maximum absolute atomic E-state index is 12.1. The summed E-state index contributed by atoms with van der Waals surface area (Å²) < 4.78 is 5.56. The number of carbonyl (C=O) groups is 2. The van der Waals surface area contributed by atoms with E-state index in [1.54, 1.807) is 13.1 Å². The van der Waals surface area contributed by atoms with Crippen LogP contribution < -0.4 is 20.7 Å². The predicted octanol–water partition coefficient (Wildman–Crippen LogP) is 0.568. The van der Waals surface area contributed by atoms with Gasteiger partial charge in [-0.2, -0.15) is 0 Å². The molecule has 3 N–H and O–H groups in total. The van der Waals surface area contributed by atoms with Crippen LogP contribution in [0.5, 0.6) is 5.75 Å². The van der Waals surface area contributed by atoms with Crippen molar-refractivity contribution in [1.29, 1.82) is 0 Å². The van der Waals surface area contributed by atoms with Gasteiger partial charge in [0.05, 0.1) is 18.7 Å². The van der Waals surface area contributed by atoms with Crippen LogP contribution in [0.25, 0.3) is 0 Å². The van der Waals surface area contributed by atoms with E-state index in [0.717, 1.165) is 5.56 Å². The molecule has 0 fully saturated rings. The van der Waals surface area contributed by atoms with Gasteiger partial charge in [-0.05, 0) is 24.6 Å². The van der Waals surface area contributed by atoms with E-state index in [0.29, 0.717) is 18.0 Å². The Kier molecular flexibility index (Phi) is 4.24. The van der Waals surface area contributed by atoms with E-state index in [4.69, 9.17) is 10.5 Å². The minimum absolute atomic E-state index is 0.0197. The van der Waals surface area contributed by atoms with Crippen molar-refractivity contribution in [2.45, 2.75) is 19.4 Å². The average Bonchev–Trinajstić information content (AvgIpc) is 2.58. The summed E-state index contributed by atoms with van der Waals surface area (Å²) >= 11 is 0. The Hall–Kier alpha value is -2.08. The fourth-order valence-corrected chi connectivity index (χ4v) is 2.06. The highest BCUT2D eigenvalue weighted by atomic mass is 16.5. The van der Waals surface area contributed by atoms with Crippen LogP contribution in [-0.2, 0) is 9.59 Å². The maximum atomic E-state index is 12.1. The summed E-state index contributed by atoms with van der Waals surface area (Å²) in [4.78, 5) is 25.2. The second kappa shape index (κ2) is 5.92. The Morgan fingerprint density at radius 1 is 1.55 bits per heavy atom. The molecular formula is C14H19N3O3. The van der Waals surface area contributed by atoms with E-state index in [1.165, 1.54) is 4.90 Å². The molecule has 6 nitrogen and oxygen atoms in total. The lowest BCUT2D eigenvalue weighted by atomic mass is 10.1. The molecule has 108 valence electrons. The lowest BCUT2D eigenvalue weighted by Gasteiger charge is -2.22. The standard InChI is InChI=1S/C14H19N3O3/c1-9(15)10-3-4-12-11(7-10)17(8-13(18)16-2)14(19)5-6-20-12/h3-4,7,9H,5-6,8,15H2,1-2H3,(H,16,18). The number of nitrogens with two attached hydrogens (primary N) is 1. The molecule has 0 bridgehead atoms. The molecule has 2 amide bonds. The van der Waals surface area contributed by atoms with Crippen LogP contribution in [0.2, 0.25) is 0 Å². The van der Waals surface area contributed by atoms with Gasteiger partial charge in [0.2, 0.25) is 11.8 Å². The van der Waals surface area contributed by atoms with E-state index in [1.807, 2.05) is 19.1 Å². The predicted molar refractivity (Wildman–Crippen MR) is 75.6 cm³/mol. The third-order valence-electron chi connectivity index (χ3n) is 3.25. The van der Waals surface area contributed by atoms with Crippen molar-refractivity contribution >= 4 is 17.5 Å². The highest BCUT2D eigenvalue weighted by molar-refractivity contribution is 6.00.